The molecule has 0 bridgehead atoms. The molecule has 0 saturated heterocycles. The molecule has 4 rings (SSSR count). The minimum atomic E-state index is -0.0767. The summed E-state index contributed by atoms with van der Waals surface area (Å²) in [5.41, 5.74) is 2.91. The zero-order chi connectivity index (χ0) is 16.0. The van der Waals surface area contributed by atoms with E-state index in [4.69, 9.17) is 9.47 Å². The van der Waals surface area contributed by atoms with Gasteiger partial charge >= 0.3 is 0 Å². The van der Waals surface area contributed by atoms with Crippen LogP contribution in [-0.4, -0.2) is 12.9 Å². The van der Waals surface area contributed by atoms with Gasteiger partial charge in [0.15, 0.2) is 5.78 Å². The molecule has 3 nitrogen and oxygen atoms in total. The summed E-state index contributed by atoms with van der Waals surface area (Å²) in [5, 5.41) is 0. The van der Waals surface area contributed by atoms with Gasteiger partial charge in [0.05, 0.1) is 7.11 Å². The first kappa shape index (κ1) is 14.5. The fourth-order valence-electron chi connectivity index (χ4n) is 3.35. The lowest BCUT2D eigenvalue weighted by molar-refractivity contribution is -0.115. The lowest BCUT2D eigenvalue weighted by Gasteiger charge is -2.27. The number of allylic oxidation sites excluding steroid dienone is 2. The lowest BCUT2D eigenvalue weighted by Crippen LogP contribution is -2.17. The summed E-state index contributed by atoms with van der Waals surface area (Å²) in [6.07, 6.45) is 1.23. The first-order valence-corrected chi connectivity index (χ1v) is 8.34. The Hall–Kier alpha value is -2.07. The molecule has 0 unspecified atom stereocenters. The smallest absolute Gasteiger partial charge is 0.163 e. The summed E-state index contributed by atoms with van der Waals surface area (Å²) in [4.78, 5) is 12.4. The maximum absolute atomic E-state index is 12.4. The van der Waals surface area contributed by atoms with Crippen LogP contribution in [0.4, 0.5) is 0 Å². The SMILES string of the molecule is COc1ccc([C@H]2C3=C(CCC3=O)Oc3ccc(Br)cc32)cc1. The molecule has 0 fully saturated rings. The summed E-state index contributed by atoms with van der Waals surface area (Å²) in [5.74, 6) is 2.58. The van der Waals surface area contributed by atoms with Crippen LogP contribution in [0, 0.1) is 0 Å². The normalized spacial score (nSPS) is 19.2. The predicted molar refractivity (Wildman–Crippen MR) is 90.9 cm³/mol. The largest absolute Gasteiger partial charge is 0.497 e. The molecule has 0 spiro atoms. The van der Waals surface area contributed by atoms with Gasteiger partial charge in [-0.1, -0.05) is 28.1 Å². The number of rotatable bonds is 2. The molecule has 116 valence electrons. The predicted octanol–water partition coefficient (Wildman–Crippen LogP) is 4.60. The highest BCUT2D eigenvalue weighted by molar-refractivity contribution is 9.10. The van der Waals surface area contributed by atoms with Crippen LogP contribution in [0.2, 0.25) is 0 Å². The second kappa shape index (κ2) is 5.53. The Labute approximate surface area is 143 Å². The van der Waals surface area contributed by atoms with E-state index in [9.17, 15) is 4.79 Å². The van der Waals surface area contributed by atoms with E-state index in [0.29, 0.717) is 12.8 Å². The highest BCUT2D eigenvalue weighted by Crippen LogP contribution is 2.48. The third-order valence-electron chi connectivity index (χ3n) is 4.43. The summed E-state index contributed by atoms with van der Waals surface area (Å²) in [6.45, 7) is 0. The van der Waals surface area contributed by atoms with Crippen molar-refractivity contribution in [3.8, 4) is 11.5 Å². The Kier molecular flexibility index (Phi) is 3.49. The molecule has 1 atom stereocenters. The molecule has 2 aliphatic rings. The van der Waals surface area contributed by atoms with Crippen molar-refractivity contribution in [2.45, 2.75) is 18.8 Å². The standard InChI is InChI=1S/C19H15BrO3/c1-22-13-5-2-11(3-6-13)18-14-10-12(20)4-8-16(14)23-17-9-7-15(21)19(17)18/h2-6,8,10,18H,7,9H2,1H3/t18-/m1/s1. The molecule has 0 radical (unpaired) electrons. The number of hydrogen-bond acceptors (Lipinski definition) is 3. The second-order valence-corrected chi connectivity index (χ2v) is 6.67. The molecular formula is C19H15BrO3. The van der Waals surface area contributed by atoms with E-state index in [1.165, 1.54) is 0 Å². The number of halogens is 1. The molecule has 0 aromatic heterocycles. The van der Waals surface area contributed by atoms with Crippen molar-refractivity contribution in [3.05, 3.63) is 69.4 Å². The maximum Gasteiger partial charge on any atom is 0.163 e. The summed E-state index contributed by atoms with van der Waals surface area (Å²) in [7, 11) is 1.65. The van der Waals surface area contributed by atoms with Crippen molar-refractivity contribution in [2.75, 3.05) is 7.11 Å². The van der Waals surface area contributed by atoms with Gasteiger partial charge in [0, 0.05) is 34.4 Å². The van der Waals surface area contributed by atoms with Gasteiger partial charge in [-0.3, -0.25) is 4.79 Å². The van der Waals surface area contributed by atoms with E-state index in [1.807, 2.05) is 42.5 Å². The third kappa shape index (κ3) is 2.38. The number of Topliss-reactive ketones (excluding diaryl/α,β-unsaturated/α-hetero) is 1. The maximum atomic E-state index is 12.4. The van der Waals surface area contributed by atoms with Crippen molar-refractivity contribution in [3.63, 3.8) is 0 Å². The quantitative estimate of drug-likeness (QED) is 0.774. The number of hydrogen-bond donors (Lipinski definition) is 0. The van der Waals surface area contributed by atoms with Crippen LogP contribution in [0.15, 0.2) is 58.3 Å². The molecule has 1 aliphatic carbocycles. The Morgan fingerprint density at radius 2 is 1.91 bits per heavy atom. The third-order valence-corrected chi connectivity index (χ3v) is 4.93. The molecule has 1 aliphatic heterocycles. The Morgan fingerprint density at radius 3 is 2.65 bits per heavy atom. The minimum Gasteiger partial charge on any atom is -0.497 e. The van der Waals surface area contributed by atoms with Crippen LogP contribution in [0.25, 0.3) is 0 Å². The van der Waals surface area contributed by atoms with Crippen LogP contribution in [0.3, 0.4) is 0 Å². The van der Waals surface area contributed by atoms with E-state index in [-0.39, 0.29) is 11.7 Å². The molecule has 23 heavy (non-hydrogen) atoms. The highest BCUT2D eigenvalue weighted by atomic mass is 79.9. The van der Waals surface area contributed by atoms with Crippen LogP contribution < -0.4 is 9.47 Å². The van der Waals surface area contributed by atoms with Gasteiger partial charge in [-0.05, 0) is 35.9 Å². The van der Waals surface area contributed by atoms with E-state index < -0.39 is 0 Å². The monoisotopic (exact) mass is 370 g/mol. The van der Waals surface area contributed by atoms with Crippen molar-refractivity contribution >= 4 is 21.7 Å². The fraction of sp³-hybridized carbons (Fsp3) is 0.211. The number of methoxy groups -OCH3 is 1. The van der Waals surface area contributed by atoms with Gasteiger partial charge in [-0.15, -0.1) is 0 Å². The number of benzene rings is 2. The Balaban J connectivity index is 1.90. The molecule has 1 heterocycles. The number of fused-ring (bicyclic) bond motifs is 1. The first-order valence-electron chi connectivity index (χ1n) is 7.55. The van der Waals surface area contributed by atoms with E-state index in [2.05, 4.69) is 15.9 Å². The zero-order valence-electron chi connectivity index (χ0n) is 12.6. The topological polar surface area (TPSA) is 35.5 Å². The molecule has 0 N–H and O–H groups in total. The number of ketones is 1. The molecule has 0 amide bonds. The summed E-state index contributed by atoms with van der Waals surface area (Å²) >= 11 is 3.52. The van der Waals surface area contributed by atoms with Crippen molar-refractivity contribution in [2.24, 2.45) is 0 Å². The van der Waals surface area contributed by atoms with Gasteiger partial charge < -0.3 is 9.47 Å². The molecule has 2 aromatic carbocycles. The number of ether oxygens (including phenoxy) is 2. The average Bonchev–Trinajstić information content (AvgIpc) is 2.94. The van der Waals surface area contributed by atoms with Gasteiger partial charge in [0.2, 0.25) is 0 Å². The highest BCUT2D eigenvalue weighted by Gasteiger charge is 2.38. The minimum absolute atomic E-state index is 0.0767. The number of carbonyl (C=O) groups excluding carboxylic acids is 1. The average molecular weight is 371 g/mol. The van der Waals surface area contributed by atoms with Crippen LogP contribution in [0.5, 0.6) is 11.5 Å². The van der Waals surface area contributed by atoms with Crippen molar-refractivity contribution in [1.29, 1.82) is 0 Å². The van der Waals surface area contributed by atoms with Crippen LogP contribution >= 0.6 is 15.9 Å². The summed E-state index contributed by atoms with van der Waals surface area (Å²) in [6, 6.07) is 13.9. The number of carbonyl (C=O) groups is 1. The van der Waals surface area contributed by atoms with Crippen molar-refractivity contribution in [1.82, 2.24) is 0 Å². The first-order chi connectivity index (χ1) is 11.2. The lowest BCUT2D eigenvalue weighted by atomic mass is 9.82. The van der Waals surface area contributed by atoms with Crippen LogP contribution in [0.1, 0.15) is 29.9 Å². The van der Waals surface area contributed by atoms with E-state index in [1.54, 1.807) is 7.11 Å². The van der Waals surface area contributed by atoms with Gasteiger partial charge in [0.25, 0.3) is 0 Å². The van der Waals surface area contributed by atoms with E-state index in [0.717, 1.165) is 38.4 Å². The van der Waals surface area contributed by atoms with Crippen LogP contribution in [-0.2, 0) is 4.79 Å². The van der Waals surface area contributed by atoms with Gasteiger partial charge in [-0.25, -0.2) is 0 Å². The molecular weight excluding hydrogens is 356 g/mol. The van der Waals surface area contributed by atoms with Gasteiger partial charge in [-0.2, -0.15) is 0 Å². The Morgan fingerprint density at radius 1 is 1.13 bits per heavy atom. The fourth-order valence-corrected chi connectivity index (χ4v) is 3.73. The van der Waals surface area contributed by atoms with Gasteiger partial charge in [0.1, 0.15) is 17.3 Å². The summed E-state index contributed by atoms with van der Waals surface area (Å²) < 4.78 is 12.2. The second-order valence-electron chi connectivity index (χ2n) is 5.75. The molecule has 0 saturated carbocycles. The molecule has 4 heteroatoms. The molecule has 2 aromatic rings. The Bertz CT molecular complexity index is 821. The zero-order valence-corrected chi connectivity index (χ0v) is 14.2. The van der Waals surface area contributed by atoms with E-state index >= 15 is 0 Å². The van der Waals surface area contributed by atoms with Crippen molar-refractivity contribution < 1.29 is 14.3 Å².